The Morgan fingerprint density at radius 1 is 1.39 bits per heavy atom. The summed E-state index contributed by atoms with van der Waals surface area (Å²) in [6, 6.07) is 3.57. The van der Waals surface area contributed by atoms with Crippen molar-refractivity contribution in [1.29, 1.82) is 0 Å². The van der Waals surface area contributed by atoms with Gasteiger partial charge in [-0.05, 0) is 24.6 Å². The number of carbonyl (C=O) groups is 1. The van der Waals surface area contributed by atoms with E-state index in [-0.39, 0.29) is 12.3 Å². The number of nitrogens with one attached hydrogen (secondary N) is 1. The van der Waals surface area contributed by atoms with Gasteiger partial charge in [0.1, 0.15) is 5.75 Å². The van der Waals surface area contributed by atoms with Crippen LogP contribution in [0.5, 0.6) is 5.75 Å². The SMILES string of the molecule is COCCNC(=O)Cc1cc(Cl)cc(C)c1OC. The Balaban J connectivity index is 2.74. The second-order valence-electron chi connectivity index (χ2n) is 3.93. The van der Waals surface area contributed by atoms with Crippen LogP contribution in [0.1, 0.15) is 11.1 Å². The summed E-state index contributed by atoms with van der Waals surface area (Å²) in [6.45, 7) is 2.89. The maximum Gasteiger partial charge on any atom is 0.224 e. The van der Waals surface area contributed by atoms with Gasteiger partial charge in [-0.15, -0.1) is 0 Å². The van der Waals surface area contributed by atoms with Crippen LogP contribution in [0, 0.1) is 6.92 Å². The molecule has 0 aliphatic heterocycles. The van der Waals surface area contributed by atoms with E-state index in [1.165, 1.54) is 0 Å². The number of benzene rings is 1. The lowest BCUT2D eigenvalue weighted by Crippen LogP contribution is -2.28. The molecule has 0 saturated heterocycles. The molecule has 18 heavy (non-hydrogen) atoms. The topological polar surface area (TPSA) is 47.6 Å². The Kier molecular flexibility index (Phi) is 5.95. The quantitative estimate of drug-likeness (QED) is 0.805. The Hall–Kier alpha value is -1.26. The fraction of sp³-hybridized carbons (Fsp3) is 0.462. The molecular weight excluding hydrogens is 254 g/mol. The molecule has 5 heteroatoms. The fourth-order valence-electron chi connectivity index (χ4n) is 1.75. The van der Waals surface area contributed by atoms with Crippen LogP contribution in [-0.2, 0) is 16.0 Å². The second kappa shape index (κ2) is 7.24. The van der Waals surface area contributed by atoms with Crippen LogP contribution in [0.25, 0.3) is 0 Å². The maximum atomic E-state index is 11.7. The molecule has 1 aromatic rings. The number of aryl methyl sites for hydroxylation is 1. The standard InChI is InChI=1S/C13H18ClNO3/c1-9-6-11(14)7-10(13(9)18-3)8-12(16)15-4-5-17-2/h6-7H,4-5,8H2,1-3H3,(H,15,16). The number of amides is 1. The van der Waals surface area contributed by atoms with Gasteiger partial charge in [-0.25, -0.2) is 0 Å². The third kappa shape index (κ3) is 4.20. The molecule has 4 nitrogen and oxygen atoms in total. The monoisotopic (exact) mass is 271 g/mol. The Labute approximate surface area is 112 Å². The highest BCUT2D eigenvalue weighted by Gasteiger charge is 2.11. The van der Waals surface area contributed by atoms with Gasteiger partial charge in [0.25, 0.3) is 0 Å². The summed E-state index contributed by atoms with van der Waals surface area (Å²) >= 11 is 5.98. The van der Waals surface area contributed by atoms with E-state index >= 15 is 0 Å². The van der Waals surface area contributed by atoms with Crippen molar-refractivity contribution >= 4 is 17.5 Å². The van der Waals surface area contributed by atoms with Gasteiger partial charge >= 0.3 is 0 Å². The number of carbonyl (C=O) groups excluding carboxylic acids is 1. The summed E-state index contributed by atoms with van der Waals surface area (Å²) in [7, 11) is 3.18. The van der Waals surface area contributed by atoms with E-state index in [4.69, 9.17) is 21.1 Å². The zero-order chi connectivity index (χ0) is 13.5. The lowest BCUT2D eigenvalue weighted by Gasteiger charge is -2.12. The summed E-state index contributed by atoms with van der Waals surface area (Å²) in [5, 5.41) is 3.36. The zero-order valence-electron chi connectivity index (χ0n) is 10.9. The molecular formula is C13H18ClNO3. The first-order valence-corrected chi connectivity index (χ1v) is 6.05. The molecule has 1 amide bonds. The van der Waals surface area contributed by atoms with E-state index in [0.29, 0.717) is 23.9 Å². The van der Waals surface area contributed by atoms with Crippen LogP contribution >= 0.6 is 11.6 Å². The van der Waals surface area contributed by atoms with Crippen molar-refractivity contribution < 1.29 is 14.3 Å². The highest BCUT2D eigenvalue weighted by molar-refractivity contribution is 6.30. The number of hydrogen-bond acceptors (Lipinski definition) is 3. The number of methoxy groups -OCH3 is 2. The highest BCUT2D eigenvalue weighted by Crippen LogP contribution is 2.27. The van der Waals surface area contributed by atoms with Crippen molar-refractivity contribution in [3.05, 3.63) is 28.3 Å². The summed E-state index contributed by atoms with van der Waals surface area (Å²) < 4.78 is 10.2. The minimum atomic E-state index is -0.0768. The third-order valence-corrected chi connectivity index (χ3v) is 2.72. The molecule has 0 radical (unpaired) electrons. The summed E-state index contributed by atoms with van der Waals surface area (Å²) in [6.07, 6.45) is 0.244. The molecule has 0 aliphatic rings. The van der Waals surface area contributed by atoms with Gasteiger partial charge in [0.15, 0.2) is 0 Å². The van der Waals surface area contributed by atoms with Gasteiger partial charge in [-0.2, -0.15) is 0 Å². The first-order valence-electron chi connectivity index (χ1n) is 5.67. The molecule has 0 aromatic heterocycles. The Morgan fingerprint density at radius 3 is 2.72 bits per heavy atom. The summed E-state index contributed by atoms with van der Waals surface area (Å²) in [5.41, 5.74) is 1.71. The molecule has 0 aliphatic carbocycles. The van der Waals surface area contributed by atoms with Crippen molar-refractivity contribution in [2.24, 2.45) is 0 Å². The van der Waals surface area contributed by atoms with Crippen LogP contribution in [0.4, 0.5) is 0 Å². The molecule has 1 rings (SSSR count). The smallest absolute Gasteiger partial charge is 0.224 e. The Morgan fingerprint density at radius 2 is 2.11 bits per heavy atom. The molecule has 0 unspecified atom stereocenters. The molecule has 0 fully saturated rings. The van der Waals surface area contributed by atoms with Crippen LogP contribution in [0.2, 0.25) is 5.02 Å². The Bertz CT molecular complexity index is 421. The highest BCUT2D eigenvalue weighted by atomic mass is 35.5. The van der Waals surface area contributed by atoms with Gasteiger partial charge in [-0.1, -0.05) is 11.6 Å². The summed E-state index contributed by atoms with van der Waals surface area (Å²) in [4.78, 5) is 11.7. The van der Waals surface area contributed by atoms with Gasteiger partial charge < -0.3 is 14.8 Å². The van der Waals surface area contributed by atoms with Crippen LogP contribution in [0.15, 0.2) is 12.1 Å². The van der Waals surface area contributed by atoms with E-state index in [9.17, 15) is 4.79 Å². The average molecular weight is 272 g/mol. The van der Waals surface area contributed by atoms with Gasteiger partial charge in [-0.3, -0.25) is 4.79 Å². The first kappa shape index (κ1) is 14.8. The minimum absolute atomic E-state index is 0.0768. The molecule has 0 spiro atoms. The van der Waals surface area contributed by atoms with Crippen molar-refractivity contribution in [2.75, 3.05) is 27.4 Å². The van der Waals surface area contributed by atoms with Gasteiger partial charge in [0.2, 0.25) is 5.91 Å². The molecule has 0 heterocycles. The van der Waals surface area contributed by atoms with Crippen LogP contribution in [-0.4, -0.2) is 33.3 Å². The minimum Gasteiger partial charge on any atom is -0.496 e. The van der Waals surface area contributed by atoms with E-state index in [0.717, 1.165) is 11.1 Å². The predicted molar refractivity (Wildman–Crippen MR) is 71.3 cm³/mol. The van der Waals surface area contributed by atoms with Gasteiger partial charge in [0.05, 0.1) is 20.1 Å². The number of hydrogen-bond donors (Lipinski definition) is 1. The average Bonchev–Trinajstić information content (AvgIpc) is 2.28. The van der Waals surface area contributed by atoms with Gasteiger partial charge in [0, 0.05) is 24.2 Å². The van der Waals surface area contributed by atoms with Crippen LogP contribution in [0.3, 0.4) is 0 Å². The fourth-order valence-corrected chi connectivity index (χ4v) is 2.05. The largest absolute Gasteiger partial charge is 0.496 e. The van der Waals surface area contributed by atoms with E-state index in [2.05, 4.69) is 5.32 Å². The van der Waals surface area contributed by atoms with Crippen molar-refractivity contribution in [1.82, 2.24) is 5.32 Å². The van der Waals surface area contributed by atoms with E-state index in [1.54, 1.807) is 20.3 Å². The van der Waals surface area contributed by atoms with E-state index in [1.807, 2.05) is 13.0 Å². The first-order chi connectivity index (χ1) is 8.58. The number of halogens is 1. The lowest BCUT2D eigenvalue weighted by atomic mass is 10.1. The second-order valence-corrected chi connectivity index (χ2v) is 4.37. The molecule has 1 N–H and O–H groups in total. The maximum absolute atomic E-state index is 11.7. The third-order valence-electron chi connectivity index (χ3n) is 2.50. The number of rotatable bonds is 6. The molecule has 100 valence electrons. The molecule has 1 aromatic carbocycles. The lowest BCUT2D eigenvalue weighted by molar-refractivity contribution is -0.120. The summed E-state index contributed by atoms with van der Waals surface area (Å²) in [5.74, 6) is 0.633. The normalized spacial score (nSPS) is 10.2. The van der Waals surface area contributed by atoms with Crippen LogP contribution < -0.4 is 10.1 Å². The van der Waals surface area contributed by atoms with Crippen molar-refractivity contribution in [3.8, 4) is 5.75 Å². The van der Waals surface area contributed by atoms with E-state index < -0.39 is 0 Å². The predicted octanol–water partition coefficient (Wildman–Crippen LogP) is 1.96. The zero-order valence-corrected chi connectivity index (χ0v) is 11.6. The van der Waals surface area contributed by atoms with Crippen molar-refractivity contribution in [3.63, 3.8) is 0 Å². The molecule has 0 atom stereocenters. The number of ether oxygens (including phenoxy) is 2. The van der Waals surface area contributed by atoms with Crippen molar-refractivity contribution in [2.45, 2.75) is 13.3 Å². The molecule has 0 saturated carbocycles. The molecule has 0 bridgehead atoms.